The third kappa shape index (κ3) is 8.63. The number of rotatable bonds is 9. The highest BCUT2D eigenvalue weighted by molar-refractivity contribution is 5.79. The zero-order valence-corrected chi connectivity index (χ0v) is 17.4. The molecule has 0 unspecified atom stereocenters. The van der Waals surface area contributed by atoms with Crippen molar-refractivity contribution < 1.29 is 4.74 Å². The van der Waals surface area contributed by atoms with Crippen molar-refractivity contribution in [3.05, 3.63) is 30.3 Å². The smallest absolute Gasteiger partial charge is 0.193 e. The molecule has 0 saturated carbocycles. The molecule has 0 amide bonds. The molecule has 1 saturated heterocycles. The monoisotopic (exact) mass is 375 g/mol. The van der Waals surface area contributed by atoms with Crippen molar-refractivity contribution >= 4 is 5.96 Å². The number of likely N-dealkylation sites (N-methyl/N-ethyl adjacent to an activating group) is 2. The summed E-state index contributed by atoms with van der Waals surface area (Å²) in [6.07, 6.45) is 2.37. The van der Waals surface area contributed by atoms with E-state index in [1.54, 1.807) is 0 Å². The summed E-state index contributed by atoms with van der Waals surface area (Å²) in [5, 5.41) is 3.39. The van der Waals surface area contributed by atoms with Gasteiger partial charge >= 0.3 is 0 Å². The van der Waals surface area contributed by atoms with Crippen molar-refractivity contribution in [1.29, 1.82) is 0 Å². The highest BCUT2D eigenvalue weighted by atomic mass is 16.5. The van der Waals surface area contributed by atoms with Gasteiger partial charge in [-0.25, -0.2) is 0 Å². The van der Waals surface area contributed by atoms with E-state index in [4.69, 9.17) is 9.73 Å². The minimum Gasteiger partial charge on any atom is -0.492 e. The minimum absolute atomic E-state index is 0.645. The van der Waals surface area contributed by atoms with Crippen molar-refractivity contribution in [3.8, 4) is 5.75 Å². The number of ether oxygens (including phenoxy) is 1. The van der Waals surface area contributed by atoms with E-state index in [1.807, 2.05) is 30.3 Å². The molecule has 1 heterocycles. The van der Waals surface area contributed by atoms with Gasteiger partial charge in [-0.05, 0) is 58.6 Å². The largest absolute Gasteiger partial charge is 0.492 e. The van der Waals surface area contributed by atoms with Gasteiger partial charge in [-0.3, -0.25) is 4.99 Å². The average molecular weight is 376 g/mol. The molecule has 1 fully saturated rings. The van der Waals surface area contributed by atoms with Crippen molar-refractivity contribution in [2.24, 2.45) is 4.99 Å². The third-order valence-corrected chi connectivity index (χ3v) is 4.84. The molecule has 152 valence electrons. The second-order valence-electron chi connectivity index (χ2n) is 7.17. The molecule has 27 heavy (non-hydrogen) atoms. The second-order valence-corrected chi connectivity index (χ2v) is 7.17. The van der Waals surface area contributed by atoms with Crippen molar-refractivity contribution in [1.82, 2.24) is 20.0 Å². The van der Waals surface area contributed by atoms with Crippen LogP contribution in [0.3, 0.4) is 0 Å². The normalized spacial score (nSPS) is 16.8. The summed E-state index contributed by atoms with van der Waals surface area (Å²) in [4.78, 5) is 11.9. The molecule has 0 bridgehead atoms. The number of para-hydroxylation sites is 1. The van der Waals surface area contributed by atoms with Crippen LogP contribution < -0.4 is 10.1 Å². The first kappa shape index (κ1) is 21.5. The third-order valence-electron chi connectivity index (χ3n) is 4.84. The Labute approximate surface area is 165 Å². The Kier molecular flexibility index (Phi) is 10.0. The predicted molar refractivity (Wildman–Crippen MR) is 114 cm³/mol. The first-order chi connectivity index (χ1) is 13.2. The van der Waals surface area contributed by atoms with Crippen LogP contribution in [0.25, 0.3) is 0 Å². The zero-order chi connectivity index (χ0) is 19.3. The van der Waals surface area contributed by atoms with Crippen molar-refractivity contribution in [3.63, 3.8) is 0 Å². The number of nitrogens with one attached hydrogen (secondary N) is 1. The summed E-state index contributed by atoms with van der Waals surface area (Å²) in [5.74, 6) is 1.88. The van der Waals surface area contributed by atoms with Crippen LogP contribution in [0.5, 0.6) is 5.75 Å². The SMILES string of the molecule is CCNC(=NCCCN1CCCN(C)CC1)N(C)CCOc1ccccc1. The Hall–Kier alpha value is -1.79. The lowest BCUT2D eigenvalue weighted by Crippen LogP contribution is -2.41. The summed E-state index contributed by atoms with van der Waals surface area (Å²) in [6, 6.07) is 9.96. The fourth-order valence-corrected chi connectivity index (χ4v) is 3.20. The van der Waals surface area contributed by atoms with Gasteiger partial charge in [0, 0.05) is 33.2 Å². The van der Waals surface area contributed by atoms with Gasteiger partial charge < -0.3 is 24.8 Å². The standard InChI is InChI=1S/C21H37N5O/c1-4-22-21(25(3)18-19-27-20-10-6-5-7-11-20)23-12-8-14-26-15-9-13-24(2)16-17-26/h5-7,10-11H,4,8-9,12-19H2,1-3H3,(H,22,23). The van der Waals surface area contributed by atoms with E-state index in [2.05, 4.69) is 41.0 Å². The first-order valence-corrected chi connectivity index (χ1v) is 10.3. The van der Waals surface area contributed by atoms with Crippen molar-refractivity contribution in [2.45, 2.75) is 19.8 Å². The van der Waals surface area contributed by atoms with E-state index in [9.17, 15) is 0 Å². The van der Waals surface area contributed by atoms with Crippen LogP contribution in [-0.4, -0.2) is 93.7 Å². The zero-order valence-electron chi connectivity index (χ0n) is 17.4. The molecular formula is C21H37N5O. The van der Waals surface area contributed by atoms with E-state index in [0.29, 0.717) is 6.61 Å². The maximum absolute atomic E-state index is 5.80. The van der Waals surface area contributed by atoms with Crippen LogP contribution >= 0.6 is 0 Å². The lowest BCUT2D eigenvalue weighted by atomic mass is 10.3. The Morgan fingerprint density at radius 3 is 2.78 bits per heavy atom. The maximum atomic E-state index is 5.80. The lowest BCUT2D eigenvalue weighted by Gasteiger charge is -2.23. The Bertz CT molecular complexity index is 537. The van der Waals surface area contributed by atoms with Crippen LogP contribution in [-0.2, 0) is 0 Å². The molecule has 0 atom stereocenters. The molecular weight excluding hydrogens is 338 g/mol. The molecule has 2 rings (SSSR count). The summed E-state index contributed by atoms with van der Waals surface area (Å²) in [7, 11) is 4.29. The Morgan fingerprint density at radius 1 is 1.19 bits per heavy atom. The van der Waals surface area contributed by atoms with Gasteiger partial charge in [-0.1, -0.05) is 18.2 Å². The van der Waals surface area contributed by atoms with Gasteiger partial charge in [0.1, 0.15) is 12.4 Å². The number of nitrogens with zero attached hydrogens (tertiary/aromatic N) is 4. The quantitative estimate of drug-likeness (QED) is 0.406. The van der Waals surface area contributed by atoms with E-state index in [0.717, 1.165) is 44.3 Å². The predicted octanol–water partition coefficient (Wildman–Crippen LogP) is 1.99. The molecule has 0 aromatic heterocycles. The molecule has 6 nitrogen and oxygen atoms in total. The van der Waals surface area contributed by atoms with E-state index in [-0.39, 0.29) is 0 Å². The average Bonchev–Trinajstić information content (AvgIpc) is 2.89. The molecule has 1 aliphatic heterocycles. The number of guanidine groups is 1. The van der Waals surface area contributed by atoms with Crippen LogP contribution in [0.15, 0.2) is 35.3 Å². The fraction of sp³-hybridized carbons (Fsp3) is 0.667. The van der Waals surface area contributed by atoms with Crippen LogP contribution in [0.1, 0.15) is 19.8 Å². The molecule has 1 aliphatic rings. The topological polar surface area (TPSA) is 43.3 Å². The number of hydrogen-bond donors (Lipinski definition) is 1. The van der Waals surface area contributed by atoms with E-state index < -0.39 is 0 Å². The highest BCUT2D eigenvalue weighted by Gasteiger charge is 2.11. The minimum atomic E-state index is 0.645. The van der Waals surface area contributed by atoms with Gasteiger partial charge in [0.05, 0.1) is 6.54 Å². The summed E-state index contributed by atoms with van der Waals surface area (Å²) < 4.78 is 5.80. The summed E-state index contributed by atoms with van der Waals surface area (Å²) in [6.45, 7) is 11.2. The van der Waals surface area contributed by atoms with Gasteiger partial charge in [0.2, 0.25) is 0 Å². The highest BCUT2D eigenvalue weighted by Crippen LogP contribution is 2.08. The van der Waals surface area contributed by atoms with Gasteiger partial charge in [-0.15, -0.1) is 0 Å². The fourth-order valence-electron chi connectivity index (χ4n) is 3.20. The van der Waals surface area contributed by atoms with Crippen molar-refractivity contribution in [2.75, 3.05) is 73.1 Å². The molecule has 6 heteroatoms. The first-order valence-electron chi connectivity index (χ1n) is 10.3. The van der Waals surface area contributed by atoms with Gasteiger partial charge in [0.25, 0.3) is 0 Å². The summed E-state index contributed by atoms with van der Waals surface area (Å²) >= 11 is 0. The Balaban J connectivity index is 1.70. The van der Waals surface area contributed by atoms with E-state index >= 15 is 0 Å². The van der Waals surface area contributed by atoms with Gasteiger partial charge in [0.15, 0.2) is 5.96 Å². The maximum Gasteiger partial charge on any atom is 0.193 e. The number of hydrogen-bond acceptors (Lipinski definition) is 4. The van der Waals surface area contributed by atoms with E-state index in [1.165, 1.54) is 32.6 Å². The lowest BCUT2D eigenvalue weighted by molar-refractivity contribution is 0.274. The Morgan fingerprint density at radius 2 is 2.00 bits per heavy atom. The second kappa shape index (κ2) is 12.6. The van der Waals surface area contributed by atoms with Crippen LogP contribution in [0.4, 0.5) is 0 Å². The van der Waals surface area contributed by atoms with Crippen LogP contribution in [0.2, 0.25) is 0 Å². The van der Waals surface area contributed by atoms with Crippen LogP contribution in [0, 0.1) is 0 Å². The molecule has 0 radical (unpaired) electrons. The number of benzene rings is 1. The molecule has 1 aromatic carbocycles. The van der Waals surface area contributed by atoms with Gasteiger partial charge in [-0.2, -0.15) is 0 Å². The number of aliphatic imine (C=N–C) groups is 1. The summed E-state index contributed by atoms with van der Waals surface area (Å²) in [5.41, 5.74) is 0. The molecule has 1 aromatic rings. The molecule has 0 spiro atoms. The molecule has 0 aliphatic carbocycles. The molecule has 1 N–H and O–H groups in total.